The van der Waals surface area contributed by atoms with Crippen LogP contribution in [0.5, 0.6) is 0 Å². The molecule has 0 saturated carbocycles. The summed E-state index contributed by atoms with van der Waals surface area (Å²) in [5, 5.41) is 6.17. The van der Waals surface area contributed by atoms with E-state index in [-0.39, 0.29) is 17.7 Å². The van der Waals surface area contributed by atoms with Crippen LogP contribution in [0.1, 0.15) is 40.2 Å². The minimum Gasteiger partial charge on any atom is -0.475 e. The SMILES string of the molecule is Cc1ccc2nc([C@H](Cc3ccc(C4CC(=O)NS4(=O)=O)cc3)NS(=O)(=O)c3ccc(-c4ccccc4)cc3)[nH]c2c1.O=C(O)C(F)(F)F. The minimum absolute atomic E-state index is 0.123. The van der Waals surface area contributed by atoms with Gasteiger partial charge in [-0.15, -0.1) is 0 Å². The molecule has 6 rings (SSSR count). The van der Waals surface area contributed by atoms with Crippen molar-refractivity contribution in [2.45, 2.75) is 42.1 Å². The summed E-state index contributed by atoms with van der Waals surface area (Å²) in [4.78, 5) is 28.7. The molecule has 2 atom stereocenters. The fourth-order valence-electron chi connectivity index (χ4n) is 5.17. The van der Waals surface area contributed by atoms with E-state index in [0.717, 1.165) is 27.8 Å². The number of carboxylic acid groups (broad SMARTS) is 1. The smallest absolute Gasteiger partial charge is 0.475 e. The van der Waals surface area contributed by atoms with Gasteiger partial charge in [0.15, 0.2) is 0 Å². The van der Waals surface area contributed by atoms with Crippen LogP contribution < -0.4 is 9.44 Å². The molecule has 5 aromatic rings. The van der Waals surface area contributed by atoms with E-state index in [9.17, 15) is 34.8 Å². The molecule has 16 heteroatoms. The monoisotopic (exact) mass is 714 g/mol. The van der Waals surface area contributed by atoms with E-state index in [2.05, 4.69) is 14.7 Å². The molecule has 1 fully saturated rings. The third-order valence-electron chi connectivity index (χ3n) is 7.59. The Morgan fingerprint density at radius 1 is 0.980 bits per heavy atom. The molecule has 11 nitrogen and oxygen atoms in total. The quantitative estimate of drug-likeness (QED) is 0.167. The summed E-state index contributed by atoms with van der Waals surface area (Å²) in [7, 11) is -7.72. The highest BCUT2D eigenvalue weighted by Gasteiger charge is 2.39. The number of fused-ring (bicyclic) bond motifs is 1. The van der Waals surface area contributed by atoms with Crippen LogP contribution in [-0.4, -0.2) is 50.0 Å². The van der Waals surface area contributed by atoms with Gasteiger partial charge in [-0.05, 0) is 65.4 Å². The van der Waals surface area contributed by atoms with Gasteiger partial charge < -0.3 is 10.1 Å². The number of nitrogens with zero attached hydrogens (tertiary/aromatic N) is 1. The van der Waals surface area contributed by atoms with Gasteiger partial charge in [0.1, 0.15) is 11.1 Å². The van der Waals surface area contributed by atoms with Crippen molar-refractivity contribution in [3.63, 3.8) is 0 Å². The second kappa shape index (κ2) is 13.8. The maximum absolute atomic E-state index is 13.6. The number of nitrogens with one attached hydrogen (secondary N) is 3. The van der Waals surface area contributed by atoms with Gasteiger partial charge in [-0.1, -0.05) is 72.8 Å². The van der Waals surface area contributed by atoms with Gasteiger partial charge in [-0.3, -0.25) is 9.52 Å². The first-order valence-electron chi connectivity index (χ1n) is 14.6. The molecule has 1 aliphatic rings. The van der Waals surface area contributed by atoms with E-state index in [1.54, 1.807) is 48.5 Å². The lowest BCUT2D eigenvalue weighted by Gasteiger charge is -2.18. The Balaban J connectivity index is 0.000000606. The Bertz CT molecular complexity index is 2210. The molecule has 49 heavy (non-hydrogen) atoms. The Labute approximate surface area is 279 Å². The van der Waals surface area contributed by atoms with E-state index < -0.39 is 49.4 Å². The van der Waals surface area contributed by atoms with Crippen LogP contribution in [0, 0.1) is 6.92 Å². The molecule has 1 aliphatic heterocycles. The number of hydrogen-bond acceptors (Lipinski definition) is 7. The number of halogens is 3. The standard InChI is InChI=1S/C31H28N4O5S2.C2HF3O2/c1-20-7-16-26-27(17-20)33-31(32-26)28(18-21-8-10-24(11-9-21)29-19-30(36)35-42(29,39)40)34-41(37,38)25-14-12-23(13-15-25)22-5-3-2-4-6-22;3-2(4,5)1(6)7/h2-17,28-29,34H,18-19H2,1H3,(H,32,33)(H,35,36);(H,6,7)/t28-,29?;/m0./s1. The van der Waals surface area contributed by atoms with Gasteiger partial charge in [0.05, 0.1) is 28.4 Å². The van der Waals surface area contributed by atoms with Gasteiger partial charge >= 0.3 is 12.1 Å². The lowest BCUT2D eigenvalue weighted by atomic mass is 10.0. The van der Waals surface area contributed by atoms with Crippen LogP contribution in [-0.2, 0) is 36.1 Å². The lowest BCUT2D eigenvalue weighted by Crippen LogP contribution is -2.31. The van der Waals surface area contributed by atoms with Crippen molar-refractivity contribution < 1.29 is 44.7 Å². The Morgan fingerprint density at radius 2 is 1.59 bits per heavy atom. The molecule has 4 aromatic carbocycles. The number of aryl methyl sites for hydroxylation is 1. The number of aromatic amines is 1. The van der Waals surface area contributed by atoms with Crippen molar-refractivity contribution in [2.24, 2.45) is 0 Å². The molecule has 1 aromatic heterocycles. The summed E-state index contributed by atoms with van der Waals surface area (Å²) < 4.78 is 88.4. The van der Waals surface area contributed by atoms with Crippen LogP contribution in [0.4, 0.5) is 13.2 Å². The largest absolute Gasteiger partial charge is 0.490 e. The van der Waals surface area contributed by atoms with E-state index >= 15 is 0 Å². The molecule has 2 heterocycles. The van der Waals surface area contributed by atoms with Gasteiger partial charge in [-0.25, -0.2) is 31.3 Å². The first-order chi connectivity index (χ1) is 23.0. The number of aromatic nitrogens is 2. The van der Waals surface area contributed by atoms with Crippen LogP contribution in [0.25, 0.3) is 22.2 Å². The van der Waals surface area contributed by atoms with Gasteiger partial charge in [-0.2, -0.15) is 13.2 Å². The summed E-state index contributed by atoms with van der Waals surface area (Å²) in [5.74, 6) is -2.83. The highest BCUT2D eigenvalue weighted by atomic mass is 32.2. The van der Waals surface area contributed by atoms with Crippen LogP contribution in [0.15, 0.2) is 102 Å². The average molecular weight is 715 g/mol. The molecule has 0 radical (unpaired) electrons. The third kappa shape index (κ3) is 8.51. The zero-order valence-corrected chi connectivity index (χ0v) is 27.2. The lowest BCUT2D eigenvalue weighted by molar-refractivity contribution is -0.192. The number of H-pyrrole nitrogens is 1. The van der Waals surface area contributed by atoms with E-state index in [1.165, 1.54) is 0 Å². The predicted molar refractivity (Wildman–Crippen MR) is 174 cm³/mol. The van der Waals surface area contributed by atoms with Crippen molar-refractivity contribution >= 4 is 43.0 Å². The maximum Gasteiger partial charge on any atom is 0.490 e. The number of carbonyl (C=O) groups excluding carboxylic acids is 1. The molecule has 4 N–H and O–H groups in total. The van der Waals surface area contributed by atoms with Crippen molar-refractivity contribution in [1.82, 2.24) is 19.4 Å². The first kappa shape index (κ1) is 35.3. The van der Waals surface area contributed by atoms with Gasteiger partial charge in [0.2, 0.25) is 26.0 Å². The molecule has 0 bridgehead atoms. The number of benzene rings is 4. The van der Waals surface area contributed by atoms with Crippen LogP contribution >= 0.6 is 0 Å². The number of rotatable bonds is 8. The average Bonchev–Trinajstić information content (AvgIpc) is 3.59. The normalized spacial score (nSPS) is 16.4. The molecule has 0 aliphatic carbocycles. The Hall–Kier alpha value is -5.06. The van der Waals surface area contributed by atoms with Gasteiger partial charge in [0, 0.05) is 0 Å². The first-order valence-corrected chi connectivity index (χ1v) is 17.6. The van der Waals surface area contributed by atoms with Crippen LogP contribution in [0.2, 0.25) is 0 Å². The molecular weight excluding hydrogens is 686 g/mol. The van der Waals surface area contributed by atoms with Crippen molar-refractivity contribution in [2.75, 3.05) is 0 Å². The topological polar surface area (TPSA) is 175 Å². The van der Waals surface area contributed by atoms with E-state index in [1.807, 2.05) is 60.2 Å². The number of imidazole rings is 1. The van der Waals surface area contributed by atoms with Crippen molar-refractivity contribution in [1.29, 1.82) is 0 Å². The fourth-order valence-corrected chi connectivity index (χ4v) is 7.79. The number of alkyl halides is 3. The predicted octanol–water partition coefficient (Wildman–Crippen LogP) is 5.32. The number of amides is 1. The molecule has 256 valence electrons. The summed E-state index contributed by atoms with van der Waals surface area (Å²) in [6.07, 6.45) is -4.97. The van der Waals surface area contributed by atoms with Crippen LogP contribution in [0.3, 0.4) is 0 Å². The molecule has 1 unspecified atom stereocenters. The highest BCUT2D eigenvalue weighted by molar-refractivity contribution is 7.90. The number of hydrogen-bond donors (Lipinski definition) is 4. The molecule has 0 spiro atoms. The summed E-state index contributed by atoms with van der Waals surface area (Å²) in [6.45, 7) is 1.97. The number of sulfonamides is 2. The second-order valence-corrected chi connectivity index (χ2v) is 14.8. The third-order valence-corrected chi connectivity index (χ3v) is 10.8. The van der Waals surface area contributed by atoms with E-state index in [4.69, 9.17) is 9.90 Å². The number of carboxylic acids is 1. The second-order valence-electron chi connectivity index (χ2n) is 11.2. The Kier molecular flexibility index (Phi) is 9.94. The fraction of sp³-hybridized carbons (Fsp3) is 0.182. The minimum atomic E-state index is -5.08. The molecular formula is C33H29F3N4O7S2. The number of carbonyl (C=O) groups is 2. The summed E-state index contributed by atoms with van der Waals surface area (Å²) >= 11 is 0. The number of aliphatic carboxylic acids is 1. The molecule has 1 amide bonds. The Morgan fingerprint density at radius 3 is 2.16 bits per heavy atom. The van der Waals surface area contributed by atoms with E-state index in [0.29, 0.717) is 16.9 Å². The van der Waals surface area contributed by atoms with Gasteiger partial charge in [0.25, 0.3) is 0 Å². The zero-order chi connectivity index (χ0) is 35.6. The van der Waals surface area contributed by atoms with Crippen molar-refractivity contribution in [3.8, 4) is 11.1 Å². The highest BCUT2D eigenvalue weighted by Crippen LogP contribution is 2.31. The molecule has 1 saturated heterocycles. The zero-order valence-electron chi connectivity index (χ0n) is 25.6. The summed E-state index contributed by atoms with van der Waals surface area (Å²) in [5.41, 5.74) is 5.69. The maximum atomic E-state index is 13.6. The summed E-state index contributed by atoms with van der Waals surface area (Å²) in [6, 6.07) is 28.2. The van der Waals surface area contributed by atoms with Crippen molar-refractivity contribution in [3.05, 3.63) is 120 Å².